The van der Waals surface area contributed by atoms with E-state index in [0.717, 1.165) is 10.9 Å². The molecule has 0 spiro atoms. The van der Waals surface area contributed by atoms with E-state index in [1.165, 1.54) is 9.42 Å². The van der Waals surface area contributed by atoms with Crippen LogP contribution in [0, 0.1) is 0 Å². The quantitative estimate of drug-likeness (QED) is 0.445. The van der Waals surface area contributed by atoms with Crippen molar-refractivity contribution in [3.63, 3.8) is 0 Å². The molecule has 5 rings (SSSR count). The van der Waals surface area contributed by atoms with Crippen LogP contribution in [0.3, 0.4) is 0 Å². The first kappa shape index (κ1) is 21.3. The van der Waals surface area contributed by atoms with Crippen LogP contribution in [-0.4, -0.2) is 72.3 Å². The summed E-state index contributed by atoms with van der Waals surface area (Å²) in [6.07, 6.45) is -1.80. The SMILES string of the molecule is CN1CC(Nc2nc(N)c3c(-c4ccc5ncn(CC(F)(F)F)c5n4)ccn3n2)C(F)(F)C1. The van der Waals surface area contributed by atoms with E-state index in [1.54, 1.807) is 31.4 Å². The van der Waals surface area contributed by atoms with Crippen LogP contribution in [-0.2, 0) is 6.54 Å². The summed E-state index contributed by atoms with van der Waals surface area (Å²) in [7, 11) is 1.59. The number of alkyl halides is 5. The highest BCUT2D eigenvalue weighted by atomic mass is 19.4. The maximum absolute atomic E-state index is 14.1. The molecule has 0 amide bonds. The van der Waals surface area contributed by atoms with Gasteiger partial charge in [-0.25, -0.2) is 23.3 Å². The maximum atomic E-state index is 14.1. The number of aromatic nitrogens is 6. The van der Waals surface area contributed by atoms with Crippen LogP contribution in [0.25, 0.3) is 27.9 Å². The first-order valence-electron chi connectivity index (χ1n) is 9.87. The largest absolute Gasteiger partial charge is 0.406 e. The molecule has 4 aromatic rings. The van der Waals surface area contributed by atoms with Crippen molar-refractivity contribution in [1.82, 2.24) is 34.0 Å². The number of imidazole rings is 1. The highest BCUT2D eigenvalue weighted by Gasteiger charge is 2.47. The Hall–Kier alpha value is -3.55. The number of nitrogens with zero attached hydrogens (tertiary/aromatic N) is 7. The van der Waals surface area contributed by atoms with E-state index in [9.17, 15) is 22.0 Å². The van der Waals surface area contributed by atoms with Gasteiger partial charge in [0.15, 0.2) is 11.5 Å². The van der Waals surface area contributed by atoms with Gasteiger partial charge in [-0.1, -0.05) is 0 Å². The third-order valence-corrected chi connectivity index (χ3v) is 5.41. The summed E-state index contributed by atoms with van der Waals surface area (Å²) < 4.78 is 69.2. The Labute approximate surface area is 183 Å². The van der Waals surface area contributed by atoms with E-state index in [0.29, 0.717) is 22.3 Å². The van der Waals surface area contributed by atoms with E-state index in [4.69, 9.17) is 5.73 Å². The minimum Gasteiger partial charge on any atom is -0.382 e. The van der Waals surface area contributed by atoms with Gasteiger partial charge in [0.25, 0.3) is 5.92 Å². The number of halogens is 5. The van der Waals surface area contributed by atoms with Crippen molar-refractivity contribution in [3.8, 4) is 11.3 Å². The molecule has 4 aromatic heterocycles. The van der Waals surface area contributed by atoms with Gasteiger partial charge in [0.2, 0.25) is 5.95 Å². The number of nitrogen functional groups attached to an aromatic ring is 1. The number of likely N-dealkylation sites (tertiary alicyclic amines) is 1. The Morgan fingerprint density at radius 1 is 1.21 bits per heavy atom. The Morgan fingerprint density at radius 2 is 2.00 bits per heavy atom. The number of fused-ring (bicyclic) bond motifs is 2. The third kappa shape index (κ3) is 3.90. The van der Waals surface area contributed by atoms with Gasteiger partial charge in [0.05, 0.1) is 18.6 Å². The van der Waals surface area contributed by atoms with Crippen LogP contribution in [0.4, 0.5) is 33.7 Å². The molecule has 0 aliphatic carbocycles. The van der Waals surface area contributed by atoms with E-state index in [2.05, 4.69) is 25.4 Å². The van der Waals surface area contributed by atoms with Gasteiger partial charge >= 0.3 is 6.18 Å². The van der Waals surface area contributed by atoms with Crippen molar-refractivity contribution in [2.24, 2.45) is 0 Å². The molecule has 14 heteroatoms. The molecule has 0 saturated carbocycles. The van der Waals surface area contributed by atoms with Crippen LogP contribution < -0.4 is 11.1 Å². The molecule has 0 radical (unpaired) electrons. The molecule has 1 atom stereocenters. The van der Waals surface area contributed by atoms with Crippen molar-refractivity contribution in [3.05, 3.63) is 30.7 Å². The standard InChI is InChI=1S/C19H18F5N9/c1-31-6-13(18(20,21)7-31)28-17-29-15(25)14-10(4-5-33(14)30-17)11-2-3-12-16(27-11)32(9-26-12)8-19(22,23)24/h2-5,9,13H,6-8H2,1H3,(H3,25,28,29,30). The zero-order valence-electron chi connectivity index (χ0n) is 17.2. The fourth-order valence-electron chi connectivity index (χ4n) is 4.01. The predicted molar refractivity (Wildman–Crippen MR) is 110 cm³/mol. The maximum Gasteiger partial charge on any atom is 0.406 e. The van der Waals surface area contributed by atoms with Gasteiger partial charge in [-0.15, -0.1) is 5.10 Å². The molecule has 1 unspecified atom stereocenters. The van der Waals surface area contributed by atoms with E-state index in [-0.39, 0.29) is 30.5 Å². The zero-order chi connectivity index (χ0) is 23.5. The predicted octanol–water partition coefficient (Wildman–Crippen LogP) is 2.65. The van der Waals surface area contributed by atoms with Crippen molar-refractivity contribution < 1.29 is 22.0 Å². The Balaban J connectivity index is 1.51. The number of anilines is 2. The number of rotatable bonds is 4. The van der Waals surface area contributed by atoms with Gasteiger partial charge in [-0.05, 0) is 25.2 Å². The molecule has 9 nitrogen and oxygen atoms in total. The highest BCUT2D eigenvalue weighted by molar-refractivity contribution is 5.88. The molecule has 33 heavy (non-hydrogen) atoms. The lowest BCUT2D eigenvalue weighted by atomic mass is 10.2. The summed E-state index contributed by atoms with van der Waals surface area (Å²) in [5, 5.41) is 6.87. The van der Waals surface area contributed by atoms with Crippen molar-refractivity contribution in [2.45, 2.75) is 24.7 Å². The second-order valence-electron chi connectivity index (χ2n) is 8.02. The Bertz CT molecular complexity index is 1340. The second kappa shape index (κ2) is 7.23. The molecule has 1 aliphatic heterocycles. The summed E-state index contributed by atoms with van der Waals surface area (Å²) in [4.78, 5) is 13.9. The molecular formula is C19H18F5N9. The lowest BCUT2D eigenvalue weighted by Crippen LogP contribution is -2.38. The monoisotopic (exact) mass is 467 g/mol. The van der Waals surface area contributed by atoms with Gasteiger partial charge in [-0.3, -0.25) is 4.90 Å². The zero-order valence-corrected chi connectivity index (χ0v) is 17.2. The smallest absolute Gasteiger partial charge is 0.382 e. The molecular weight excluding hydrogens is 449 g/mol. The number of nitrogens with one attached hydrogen (secondary N) is 1. The molecule has 5 heterocycles. The number of pyridine rings is 1. The first-order valence-corrected chi connectivity index (χ1v) is 9.87. The lowest BCUT2D eigenvalue weighted by molar-refractivity contribution is -0.140. The fraction of sp³-hybridized carbons (Fsp3) is 0.368. The van der Waals surface area contributed by atoms with Gasteiger partial charge < -0.3 is 15.6 Å². The summed E-state index contributed by atoms with van der Waals surface area (Å²) in [6.45, 7) is -1.49. The molecule has 1 aliphatic rings. The average Bonchev–Trinajstić information content (AvgIpc) is 3.36. The van der Waals surface area contributed by atoms with E-state index in [1.807, 2.05) is 0 Å². The number of hydrogen-bond donors (Lipinski definition) is 2. The molecule has 1 fully saturated rings. The lowest BCUT2D eigenvalue weighted by Gasteiger charge is -2.19. The summed E-state index contributed by atoms with van der Waals surface area (Å²) in [6, 6.07) is 3.61. The first-order chi connectivity index (χ1) is 15.5. The van der Waals surface area contributed by atoms with Crippen molar-refractivity contribution in [1.29, 1.82) is 0 Å². The number of hydrogen-bond acceptors (Lipinski definition) is 7. The van der Waals surface area contributed by atoms with E-state index >= 15 is 0 Å². The third-order valence-electron chi connectivity index (χ3n) is 5.41. The van der Waals surface area contributed by atoms with Crippen molar-refractivity contribution >= 4 is 28.4 Å². The summed E-state index contributed by atoms with van der Waals surface area (Å²) in [5.74, 6) is -3.01. The second-order valence-corrected chi connectivity index (χ2v) is 8.02. The van der Waals surface area contributed by atoms with Crippen LogP contribution in [0.5, 0.6) is 0 Å². The Morgan fingerprint density at radius 3 is 2.70 bits per heavy atom. The van der Waals surface area contributed by atoms with Crippen LogP contribution in [0.15, 0.2) is 30.7 Å². The molecule has 174 valence electrons. The number of nitrogens with two attached hydrogens (primary N) is 1. The van der Waals surface area contributed by atoms with Gasteiger partial charge in [0, 0.05) is 18.3 Å². The highest BCUT2D eigenvalue weighted by Crippen LogP contribution is 2.31. The van der Waals surface area contributed by atoms with E-state index < -0.39 is 24.7 Å². The van der Waals surface area contributed by atoms with Crippen LogP contribution in [0.2, 0.25) is 0 Å². The summed E-state index contributed by atoms with van der Waals surface area (Å²) >= 11 is 0. The van der Waals surface area contributed by atoms with Gasteiger partial charge in [0.1, 0.15) is 23.6 Å². The minimum atomic E-state index is -4.43. The topological polar surface area (TPSA) is 102 Å². The minimum absolute atomic E-state index is 0.00728. The van der Waals surface area contributed by atoms with Crippen molar-refractivity contribution in [2.75, 3.05) is 31.2 Å². The average molecular weight is 467 g/mol. The summed E-state index contributed by atoms with van der Waals surface area (Å²) in [5.41, 5.74) is 7.66. The van der Waals surface area contributed by atoms with Crippen LogP contribution in [0.1, 0.15) is 0 Å². The molecule has 0 bridgehead atoms. The van der Waals surface area contributed by atoms with Crippen LogP contribution >= 0.6 is 0 Å². The Kier molecular flexibility index (Phi) is 4.67. The fourth-order valence-corrected chi connectivity index (χ4v) is 4.01. The normalized spacial score (nSPS) is 19.0. The number of likely N-dealkylation sites (N-methyl/N-ethyl adjacent to an activating group) is 1. The van der Waals surface area contributed by atoms with Gasteiger partial charge in [-0.2, -0.15) is 18.2 Å². The molecule has 3 N–H and O–H groups in total. The molecule has 0 aromatic carbocycles. The molecule has 1 saturated heterocycles.